The first-order chi connectivity index (χ1) is 9.18. The lowest BCUT2D eigenvalue weighted by atomic mass is 10.2. The van der Waals surface area contributed by atoms with Gasteiger partial charge in [0, 0.05) is 13.2 Å². The molecule has 0 atom stereocenters. The van der Waals surface area contributed by atoms with Crippen LogP contribution in [0.3, 0.4) is 0 Å². The highest BCUT2D eigenvalue weighted by atomic mass is 16.5. The molecule has 4 nitrogen and oxygen atoms in total. The van der Waals surface area contributed by atoms with Crippen LogP contribution in [0.2, 0.25) is 0 Å². The van der Waals surface area contributed by atoms with Gasteiger partial charge in [0.05, 0.1) is 6.10 Å². The van der Waals surface area contributed by atoms with Crippen molar-refractivity contribution in [3.8, 4) is 0 Å². The maximum absolute atomic E-state index is 11.4. The largest absolute Gasteiger partial charge is 0.445 e. The number of amides is 1. The number of hydrogen-bond acceptors (Lipinski definition) is 3. The molecule has 1 rings (SSSR count). The van der Waals surface area contributed by atoms with E-state index in [1.807, 2.05) is 44.2 Å². The Morgan fingerprint density at radius 1 is 1.21 bits per heavy atom. The minimum Gasteiger partial charge on any atom is -0.445 e. The van der Waals surface area contributed by atoms with Crippen LogP contribution >= 0.6 is 0 Å². The molecule has 0 aliphatic carbocycles. The van der Waals surface area contributed by atoms with Crippen LogP contribution < -0.4 is 5.32 Å². The van der Waals surface area contributed by atoms with E-state index in [9.17, 15) is 4.79 Å². The summed E-state index contributed by atoms with van der Waals surface area (Å²) in [5.74, 6) is 0. The molecule has 1 aromatic rings. The number of hydrogen-bond donors (Lipinski definition) is 1. The number of carbonyl (C=O) groups excluding carboxylic acids is 1. The molecule has 0 saturated carbocycles. The van der Waals surface area contributed by atoms with Gasteiger partial charge in [-0.3, -0.25) is 0 Å². The second-order valence-corrected chi connectivity index (χ2v) is 4.62. The first kappa shape index (κ1) is 15.5. The third-order valence-corrected chi connectivity index (χ3v) is 2.50. The van der Waals surface area contributed by atoms with E-state index in [0.29, 0.717) is 13.2 Å². The van der Waals surface area contributed by atoms with E-state index >= 15 is 0 Å². The average molecular weight is 265 g/mol. The lowest BCUT2D eigenvalue weighted by molar-refractivity contribution is 0.0757. The summed E-state index contributed by atoms with van der Waals surface area (Å²) in [6.07, 6.45) is 1.74. The molecule has 0 heterocycles. The van der Waals surface area contributed by atoms with Gasteiger partial charge in [-0.05, 0) is 32.3 Å². The molecule has 0 fully saturated rings. The fraction of sp³-hybridized carbons (Fsp3) is 0.533. The van der Waals surface area contributed by atoms with Crippen molar-refractivity contribution in [3.63, 3.8) is 0 Å². The van der Waals surface area contributed by atoms with Crippen LogP contribution in [-0.2, 0) is 16.1 Å². The summed E-state index contributed by atoms with van der Waals surface area (Å²) in [6, 6.07) is 9.63. The zero-order valence-electron chi connectivity index (χ0n) is 11.7. The van der Waals surface area contributed by atoms with Gasteiger partial charge in [-0.15, -0.1) is 0 Å². The van der Waals surface area contributed by atoms with Crippen LogP contribution in [0.5, 0.6) is 0 Å². The molecule has 0 saturated heterocycles. The van der Waals surface area contributed by atoms with Gasteiger partial charge in [0.1, 0.15) is 6.61 Å². The number of alkyl carbamates (subject to hydrolysis) is 1. The predicted molar refractivity (Wildman–Crippen MR) is 75.0 cm³/mol. The van der Waals surface area contributed by atoms with E-state index in [1.165, 1.54) is 0 Å². The molecule has 1 N–H and O–H groups in total. The lowest BCUT2D eigenvalue weighted by Gasteiger charge is -2.08. The van der Waals surface area contributed by atoms with E-state index in [0.717, 1.165) is 25.0 Å². The Hall–Kier alpha value is -1.55. The Kier molecular flexibility index (Phi) is 7.66. The molecule has 0 aliphatic rings. The highest BCUT2D eigenvalue weighted by Crippen LogP contribution is 2.00. The average Bonchev–Trinajstić information content (AvgIpc) is 2.41. The molecule has 0 aromatic heterocycles. The van der Waals surface area contributed by atoms with Gasteiger partial charge >= 0.3 is 6.09 Å². The second kappa shape index (κ2) is 9.39. The number of ether oxygens (including phenoxy) is 2. The first-order valence-corrected chi connectivity index (χ1v) is 6.74. The molecular formula is C15H23NO3. The summed E-state index contributed by atoms with van der Waals surface area (Å²) in [5, 5.41) is 2.72. The molecule has 0 unspecified atom stereocenters. The van der Waals surface area contributed by atoms with Gasteiger partial charge < -0.3 is 14.8 Å². The van der Waals surface area contributed by atoms with Gasteiger partial charge in [0.15, 0.2) is 0 Å². The number of carbonyl (C=O) groups is 1. The molecule has 106 valence electrons. The monoisotopic (exact) mass is 265 g/mol. The second-order valence-electron chi connectivity index (χ2n) is 4.62. The Bertz CT molecular complexity index is 352. The first-order valence-electron chi connectivity index (χ1n) is 6.74. The van der Waals surface area contributed by atoms with E-state index in [-0.39, 0.29) is 12.2 Å². The predicted octanol–water partition coefficient (Wildman–Crippen LogP) is 3.12. The fourth-order valence-corrected chi connectivity index (χ4v) is 1.51. The lowest BCUT2D eigenvalue weighted by Crippen LogP contribution is -2.25. The number of unbranched alkanes of at least 4 members (excludes halogenated alkanes) is 1. The number of rotatable bonds is 8. The van der Waals surface area contributed by atoms with Crippen molar-refractivity contribution < 1.29 is 14.3 Å². The van der Waals surface area contributed by atoms with Crippen molar-refractivity contribution >= 4 is 6.09 Å². The number of nitrogens with one attached hydrogen (secondary N) is 1. The van der Waals surface area contributed by atoms with Crippen LogP contribution in [0, 0.1) is 0 Å². The molecule has 1 aromatic carbocycles. The molecular weight excluding hydrogens is 242 g/mol. The SMILES string of the molecule is CC(C)OCCCCNC(=O)OCc1ccccc1. The van der Waals surface area contributed by atoms with Crippen molar-refractivity contribution in [1.29, 1.82) is 0 Å². The number of benzene rings is 1. The van der Waals surface area contributed by atoms with E-state index in [2.05, 4.69) is 5.32 Å². The highest BCUT2D eigenvalue weighted by molar-refractivity contribution is 5.67. The summed E-state index contributed by atoms with van der Waals surface area (Å²) in [6.45, 7) is 5.69. The summed E-state index contributed by atoms with van der Waals surface area (Å²) >= 11 is 0. The Morgan fingerprint density at radius 2 is 1.95 bits per heavy atom. The van der Waals surface area contributed by atoms with E-state index < -0.39 is 0 Å². The third-order valence-electron chi connectivity index (χ3n) is 2.50. The van der Waals surface area contributed by atoms with Gasteiger partial charge in [-0.2, -0.15) is 0 Å². The Balaban J connectivity index is 1.99. The smallest absolute Gasteiger partial charge is 0.407 e. The van der Waals surface area contributed by atoms with Gasteiger partial charge in [0.2, 0.25) is 0 Å². The quantitative estimate of drug-likeness (QED) is 0.735. The molecule has 0 bridgehead atoms. The molecule has 1 amide bonds. The van der Waals surface area contributed by atoms with E-state index in [1.54, 1.807) is 0 Å². The van der Waals surface area contributed by atoms with Crippen molar-refractivity contribution in [3.05, 3.63) is 35.9 Å². The van der Waals surface area contributed by atoms with Crippen LogP contribution in [-0.4, -0.2) is 25.3 Å². The highest BCUT2D eigenvalue weighted by Gasteiger charge is 2.01. The van der Waals surface area contributed by atoms with Crippen LogP contribution in [0.15, 0.2) is 30.3 Å². The molecule has 0 radical (unpaired) electrons. The summed E-state index contributed by atoms with van der Waals surface area (Å²) in [4.78, 5) is 11.4. The van der Waals surface area contributed by atoms with Crippen molar-refractivity contribution in [1.82, 2.24) is 5.32 Å². The minimum atomic E-state index is -0.367. The molecule has 0 aliphatic heterocycles. The van der Waals surface area contributed by atoms with Gasteiger partial charge in [-0.25, -0.2) is 4.79 Å². The zero-order valence-corrected chi connectivity index (χ0v) is 11.7. The van der Waals surface area contributed by atoms with Crippen LogP contribution in [0.1, 0.15) is 32.3 Å². The molecule has 0 spiro atoms. The molecule has 4 heteroatoms. The fourth-order valence-electron chi connectivity index (χ4n) is 1.51. The van der Waals surface area contributed by atoms with Crippen LogP contribution in [0.4, 0.5) is 4.79 Å². The Morgan fingerprint density at radius 3 is 2.63 bits per heavy atom. The summed E-state index contributed by atoms with van der Waals surface area (Å²) < 4.78 is 10.5. The normalized spacial score (nSPS) is 10.5. The summed E-state index contributed by atoms with van der Waals surface area (Å²) in [7, 11) is 0. The molecule has 19 heavy (non-hydrogen) atoms. The van der Waals surface area contributed by atoms with Crippen molar-refractivity contribution in [2.24, 2.45) is 0 Å². The Labute approximate surface area is 115 Å². The third kappa shape index (κ3) is 8.21. The maximum Gasteiger partial charge on any atom is 0.407 e. The van der Waals surface area contributed by atoms with Crippen LogP contribution in [0.25, 0.3) is 0 Å². The topological polar surface area (TPSA) is 47.6 Å². The maximum atomic E-state index is 11.4. The summed E-state index contributed by atoms with van der Waals surface area (Å²) in [5.41, 5.74) is 0.989. The van der Waals surface area contributed by atoms with Gasteiger partial charge in [-0.1, -0.05) is 30.3 Å². The van der Waals surface area contributed by atoms with E-state index in [4.69, 9.17) is 9.47 Å². The van der Waals surface area contributed by atoms with Crippen molar-refractivity contribution in [2.75, 3.05) is 13.2 Å². The van der Waals surface area contributed by atoms with Crippen molar-refractivity contribution in [2.45, 2.75) is 39.4 Å². The standard InChI is InChI=1S/C15H23NO3/c1-13(2)18-11-7-6-10-16-15(17)19-12-14-8-4-3-5-9-14/h3-5,8-9,13H,6-7,10-12H2,1-2H3,(H,16,17). The van der Waals surface area contributed by atoms with Gasteiger partial charge in [0.25, 0.3) is 0 Å². The minimum absolute atomic E-state index is 0.267. The zero-order chi connectivity index (χ0) is 13.9.